The molecule has 0 aliphatic heterocycles. The molecule has 0 radical (unpaired) electrons. The fraction of sp³-hybridized carbons (Fsp3) is 0.286. The highest BCUT2D eigenvalue weighted by molar-refractivity contribution is 7.17. The first-order valence-electron chi connectivity index (χ1n) is 6.23. The third-order valence-corrected chi connectivity index (χ3v) is 5.08. The summed E-state index contributed by atoms with van der Waals surface area (Å²) < 4.78 is 1.24. The molecule has 0 bridgehead atoms. The van der Waals surface area contributed by atoms with Crippen molar-refractivity contribution in [3.05, 3.63) is 39.3 Å². The van der Waals surface area contributed by atoms with Crippen molar-refractivity contribution >= 4 is 38.6 Å². The van der Waals surface area contributed by atoms with E-state index in [0.29, 0.717) is 0 Å². The van der Waals surface area contributed by atoms with E-state index < -0.39 is 0 Å². The second-order valence-electron chi connectivity index (χ2n) is 4.41. The monoisotopic (exact) mass is 289 g/mol. The Hall–Kier alpha value is -1.46. The molecule has 1 N–H and O–H groups in total. The predicted octanol–water partition coefficient (Wildman–Crippen LogP) is 4.02. The smallest absolute Gasteiger partial charge is 0.0900 e. The van der Waals surface area contributed by atoms with Gasteiger partial charge in [0.05, 0.1) is 26.6 Å². The van der Waals surface area contributed by atoms with Gasteiger partial charge < -0.3 is 5.32 Å². The number of rotatable bonds is 4. The number of anilines is 1. The largest absolute Gasteiger partial charge is 0.383 e. The van der Waals surface area contributed by atoms with Crippen molar-refractivity contribution in [2.75, 3.05) is 11.9 Å². The number of nitrogens with zero attached hydrogens (tertiary/aromatic N) is 2. The Morgan fingerprint density at radius 1 is 1.26 bits per heavy atom. The first kappa shape index (κ1) is 12.6. The van der Waals surface area contributed by atoms with E-state index in [-0.39, 0.29) is 0 Å². The van der Waals surface area contributed by atoms with Crippen LogP contribution in [-0.2, 0) is 6.42 Å². The highest BCUT2D eigenvalue weighted by Gasteiger charge is 2.06. The fourth-order valence-corrected chi connectivity index (χ4v) is 3.91. The number of aromatic nitrogens is 2. The molecule has 0 saturated heterocycles. The molecule has 0 atom stereocenters. The lowest BCUT2D eigenvalue weighted by atomic mass is 10.3. The summed E-state index contributed by atoms with van der Waals surface area (Å²) in [6.45, 7) is 5.08. The van der Waals surface area contributed by atoms with Gasteiger partial charge in [-0.3, -0.25) is 4.98 Å². The second kappa shape index (κ2) is 5.27. The van der Waals surface area contributed by atoms with Crippen molar-refractivity contribution in [3.63, 3.8) is 0 Å². The molecule has 0 spiro atoms. The molecule has 98 valence electrons. The fourth-order valence-electron chi connectivity index (χ4n) is 2.13. The molecule has 0 saturated carbocycles. The number of thiophene rings is 1. The lowest BCUT2D eigenvalue weighted by molar-refractivity contribution is 1.02. The number of nitrogens with one attached hydrogen (secondary N) is 1. The van der Waals surface area contributed by atoms with Gasteiger partial charge in [-0.2, -0.15) is 0 Å². The van der Waals surface area contributed by atoms with Crippen LogP contribution < -0.4 is 5.32 Å². The molecule has 19 heavy (non-hydrogen) atoms. The van der Waals surface area contributed by atoms with E-state index >= 15 is 0 Å². The summed E-state index contributed by atoms with van der Waals surface area (Å²) in [7, 11) is 0. The van der Waals surface area contributed by atoms with Gasteiger partial charge in [0.25, 0.3) is 0 Å². The molecule has 3 heterocycles. The molecule has 0 amide bonds. The predicted molar refractivity (Wildman–Crippen MR) is 83.4 cm³/mol. The van der Waals surface area contributed by atoms with E-state index in [2.05, 4.69) is 40.6 Å². The highest BCUT2D eigenvalue weighted by atomic mass is 32.1. The van der Waals surface area contributed by atoms with Gasteiger partial charge in [-0.15, -0.1) is 22.7 Å². The molecular weight excluding hydrogens is 274 g/mol. The van der Waals surface area contributed by atoms with Crippen LogP contribution in [-0.4, -0.2) is 16.5 Å². The minimum Gasteiger partial charge on any atom is -0.383 e. The summed E-state index contributed by atoms with van der Waals surface area (Å²) in [5.74, 6) is 0. The zero-order valence-corrected chi connectivity index (χ0v) is 12.6. The average molecular weight is 289 g/mol. The molecule has 3 aromatic heterocycles. The maximum atomic E-state index is 4.46. The van der Waals surface area contributed by atoms with E-state index in [4.69, 9.17) is 0 Å². The van der Waals surface area contributed by atoms with Crippen molar-refractivity contribution in [2.45, 2.75) is 20.3 Å². The quantitative estimate of drug-likeness (QED) is 0.788. The normalized spacial score (nSPS) is 11.1. The number of hydrogen-bond acceptors (Lipinski definition) is 5. The molecule has 3 aromatic rings. The van der Waals surface area contributed by atoms with E-state index in [1.54, 1.807) is 22.7 Å². The second-order valence-corrected chi connectivity index (χ2v) is 6.62. The van der Waals surface area contributed by atoms with Gasteiger partial charge in [-0.05, 0) is 31.4 Å². The standard InChI is InChI=1S/C14H15N3S2/c1-9-13(19-10(2)17-9)4-7-16-11-3-6-15-12-5-8-18-14(11)12/h3,5-6,8H,4,7H2,1-2H3,(H,15,16). The van der Waals surface area contributed by atoms with Gasteiger partial charge in [-0.1, -0.05) is 0 Å². The zero-order chi connectivity index (χ0) is 13.2. The van der Waals surface area contributed by atoms with Crippen molar-refractivity contribution in [3.8, 4) is 0 Å². The summed E-state index contributed by atoms with van der Waals surface area (Å²) in [5, 5.41) is 6.74. The van der Waals surface area contributed by atoms with Gasteiger partial charge in [-0.25, -0.2) is 4.98 Å². The molecule has 3 rings (SSSR count). The Bertz CT molecular complexity index is 700. The minimum atomic E-state index is 0.930. The molecule has 3 nitrogen and oxygen atoms in total. The number of fused-ring (bicyclic) bond motifs is 1. The van der Waals surface area contributed by atoms with Crippen LogP contribution >= 0.6 is 22.7 Å². The summed E-state index contributed by atoms with van der Waals surface area (Å²) in [6, 6.07) is 4.10. The number of hydrogen-bond donors (Lipinski definition) is 1. The first-order chi connectivity index (χ1) is 9.24. The van der Waals surface area contributed by atoms with Crippen molar-refractivity contribution in [1.29, 1.82) is 0 Å². The molecule has 0 fully saturated rings. The number of pyridine rings is 1. The third-order valence-electron chi connectivity index (χ3n) is 3.01. The van der Waals surface area contributed by atoms with E-state index in [1.807, 2.05) is 12.3 Å². The van der Waals surface area contributed by atoms with E-state index in [9.17, 15) is 0 Å². The Morgan fingerprint density at radius 3 is 2.95 bits per heavy atom. The first-order valence-corrected chi connectivity index (χ1v) is 7.92. The van der Waals surface area contributed by atoms with E-state index in [0.717, 1.165) is 23.5 Å². The SMILES string of the molecule is Cc1nc(C)c(CCNc2ccnc3ccsc23)s1. The lowest BCUT2D eigenvalue weighted by Crippen LogP contribution is -2.04. The molecule has 0 aliphatic rings. The Kier molecular flexibility index (Phi) is 3.48. The summed E-state index contributed by atoms with van der Waals surface area (Å²) in [5.41, 5.74) is 3.42. The Balaban J connectivity index is 1.69. The lowest BCUT2D eigenvalue weighted by Gasteiger charge is -2.06. The van der Waals surface area contributed by atoms with Crippen LogP contribution in [0, 0.1) is 13.8 Å². The van der Waals surface area contributed by atoms with Crippen LogP contribution in [0.2, 0.25) is 0 Å². The van der Waals surface area contributed by atoms with Crippen molar-refractivity contribution < 1.29 is 0 Å². The number of aryl methyl sites for hydroxylation is 2. The Morgan fingerprint density at radius 2 is 2.16 bits per heavy atom. The van der Waals surface area contributed by atoms with Crippen LogP contribution in [0.15, 0.2) is 23.7 Å². The zero-order valence-electron chi connectivity index (χ0n) is 10.9. The molecule has 5 heteroatoms. The summed E-state index contributed by atoms with van der Waals surface area (Å²) in [4.78, 5) is 10.2. The number of thiazole rings is 1. The van der Waals surface area contributed by atoms with Gasteiger partial charge in [0.1, 0.15) is 0 Å². The maximum Gasteiger partial charge on any atom is 0.0900 e. The van der Waals surface area contributed by atoms with Gasteiger partial charge >= 0.3 is 0 Å². The van der Waals surface area contributed by atoms with Gasteiger partial charge in [0, 0.05) is 24.0 Å². The van der Waals surface area contributed by atoms with Crippen LogP contribution in [0.5, 0.6) is 0 Å². The minimum absolute atomic E-state index is 0.930. The average Bonchev–Trinajstić information content (AvgIpc) is 2.97. The highest BCUT2D eigenvalue weighted by Crippen LogP contribution is 2.27. The van der Waals surface area contributed by atoms with Crippen molar-refractivity contribution in [2.24, 2.45) is 0 Å². The summed E-state index contributed by atoms with van der Waals surface area (Å²) in [6.07, 6.45) is 2.88. The Labute approximate surface area is 120 Å². The molecule has 0 unspecified atom stereocenters. The maximum absolute atomic E-state index is 4.46. The van der Waals surface area contributed by atoms with Crippen molar-refractivity contribution in [1.82, 2.24) is 9.97 Å². The van der Waals surface area contributed by atoms with E-state index in [1.165, 1.54) is 21.0 Å². The van der Waals surface area contributed by atoms with Gasteiger partial charge in [0.2, 0.25) is 0 Å². The van der Waals surface area contributed by atoms with Gasteiger partial charge in [0.15, 0.2) is 0 Å². The van der Waals surface area contributed by atoms with Crippen LogP contribution in [0.25, 0.3) is 10.2 Å². The molecule has 0 aliphatic carbocycles. The molecule has 0 aromatic carbocycles. The summed E-state index contributed by atoms with van der Waals surface area (Å²) >= 11 is 3.53. The van der Waals surface area contributed by atoms with Crippen LogP contribution in [0.3, 0.4) is 0 Å². The van der Waals surface area contributed by atoms with Crippen LogP contribution in [0.1, 0.15) is 15.6 Å². The third kappa shape index (κ3) is 2.62. The topological polar surface area (TPSA) is 37.8 Å². The van der Waals surface area contributed by atoms with Crippen LogP contribution in [0.4, 0.5) is 5.69 Å². The molecular formula is C14H15N3S2.